The Morgan fingerprint density at radius 3 is 2.90 bits per heavy atom. The summed E-state index contributed by atoms with van der Waals surface area (Å²) in [4.78, 5) is 29.7. The van der Waals surface area contributed by atoms with Crippen LogP contribution in [0.15, 0.2) is 41.9 Å². The van der Waals surface area contributed by atoms with E-state index in [2.05, 4.69) is 15.6 Å². The molecule has 1 saturated heterocycles. The molecule has 0 aromatic carbocycles. The lowest BCUT2D eigenvalue weighted by atomic mass is 9.82. The molecule has 2 aromatic heterocycles. The van der Waals surface area contributed by atoms with Gasteiger partial charge in [0.1, 0.15) is 5.41 Å². The van der Waals surface area contributed by atoms with Gasteiger partial charge in [0.2, 0.25) is 11.8 Å². The van der Waals surface area contributed by atoms with Crippen LogP contribution in [0, 0.1) is 0 Å². The number of hydrogen-bond acceptors (Lipinski definition) is 4. The fourth-order valence-electron chi connectivity index (χ4n) is 2.50. The summed E-state index contributed by atoms with van der Waals surface area (Å²) < 4.78 is 0. The van der Waals surface area contributed by atoms with Crippen molar-refractivity contribution in [1.82, 2.24) is 15.6 Å². The quantitative estimate of drug-likeness (QED) is 0.892. The van der Waals surface area contributed by atoms with Crippen molar-refractivity contribution < 1.29 is 9.59 Å². The van der Waals surface area contributed by atoms with E-state index in [1.807, 2.05) is 23.6 Å². The van der Waals surface area contributed by atoms with Crippen molar-refractivity contribution in [2.24, 2.45) is 0 Å². The molecule has 6 heteroatoms. The summed E-state index contributed by atoms with van der Waals surface area (Å²) in [7, 11) is 0. The Morgan fingerprint density at radius 2 is 2.29 bits per heavy atom. The van der Waals surface area contributed by atoms with E-state index in [-0.39, 0.29) is 18.2 Å². The van der Waals surface area contributed by atoms with Gasteiger partial charge < -0.3 is 10.6 Å². The molecule has 3 rings (SSSR count). The number of nitrogens with one attached hydrogen (secondary N) is 2. The average molecular weight is 301 g/mol. The second kappa shape index (κ2) is 5.65. The van der Waals surface area contributed by atoms with E-state index in [9.17, 15) is 9.59 Å². The normalized spacial score (nSPS) is 21.0. The van der Waals surface area contributed by atoms with Crippen molar-refractivity contribution in [1.29, 1.82) is 0 Å². The standard InChI is InChI=1S/C15H15N3O2S/c19-13-8-15(10-18-13,12-5-1-2-6-16-12)14(20)17-9-11-4-3-7-21-11/h1-7H,8-10H2,(H,17,20)(H,18,19). The number of rotatable bonds is 4. The minimum atomic E-state index is -0.907. The van der Waals surface area contributed by atoms with Gasteiger partial charge in [-0.15, -0.1) is 11.3 Å². The lowest BCUT2D eigenvalue weighted by molar-refractivity contribution is -0.128. The first-order chi connectivity index (χ1) is 10.2. The monoisotopic (exact) mass is 301 g/mol. The van der Waals surface area contributed by atoms with E-state index in [4.69, 9.17) is 0 Å². The Hall–Kier alpha value is -2.21. The Balaban J connectivity index is 1.82. The maximum absolute atomic E-state index is 12.7. The molecule has 2 aromatic rings. The first-order valence-corrected chi connectivity index (χ1v) is 7.57. The second-order valence-electron chi connectivity index (χ2n) is 5.01. The van der Waals surface area contributed by atoms with E-state index in [0.29, 0.717) is 18.8 Å². The van der Waals surface area contributed by atoms with Gasteiger partial charge >= 0.3 is 0 Å². The topological polar surface area (TPSA) is 71.1 Å². The van der Waals surface area contributed by atoms with Crippen molar-refractivity contribution in [2.75, 3.05) is 6.54 Å². The van der Waals surface area contributed by atoms with Crippen molar-refractivity contribution in [3.8, 4) is 0 Å². The summed E-state index contributed by atoms with van der Waals surface area (Å²) >= 11 is 1.59. The van der Waals surface area contributed by atoms with E-state index in [1.165, 1.54) is 0 Å². The highest BCUT2D eigenvalue weighted by Crippen LogP contribution is 2.30. The molecule has 2 N–H and O–H groups in total. The summed E-state index contributed by atoms with van der Waals surface area (Å²) in [6.45, 7) is 0.762. The third-order valence-corrected chi connectivity index (χ3v) is 4.52. The second-order valence-corrected chi connectivity index (χ2v) is 6.04. The highest BCUT2D eigenvalue weighted by atomic mass is 32.1. The number of hydrogen-bond donors (Lipinski definition) is 2. The Kier molecular flexibility index (Phi) is 3.70. The minimum absolute atomic E-state index is 0.119. The van der Waals surface area contributed by atoms with Crippen LogP contribution >= 0.6 is 11.3 Å². The number of carbonyl (C=O) groups is 2. The molecule has 0 aliphatic carbocycles. The molecule has 1 fully saturated rings. The first-order valence-electron chi connectivity index (χ1n) is 6.70. The number of nitrogens with zero attached hydrogens (tertiary/aromatic N) is 1. The molecule has 1 aliphatic heterocycles. The van der Waals surface area contributed by atoms with Crippen LogP contribution in [0.5, 0.6) is 0 Å². The van der Waals surface area contributed by atoms with Crippen LogP contribution in [-0.2, 0) is 21.5 Å². The van der Waals surface area contributed by atoms with E-state index < -0.39 is 5.41 Å². The molecule has 1 atom stereocenters. The van der Waals surface area contributed by atoms with Crippen LogP contribution < -0.4 is 10.6 Å². The van der Waals surface area contributed by atoms with Gasteiger partial charge in [0.25, 0.3) is 0 Å². The first kappa shape index (κ1) is 13.8. The molecule has 3 heterocycles. The Labute approximate surface area is 126 Å². The zero-order valence-corrected chi connectivity index (χ0v) is 12.2. The van der Waals surface area contributed by atoms with E-state index >= 15 is 0 Å². The zero-order valence-electron chi connectivity index (χ0n) is 11.3. The van der Waals surface area contributed by atoms with Crippen LogP contribution in [-0.4, -0.2) is 23.3 Å². The molecule has 21 heavy (non-hydrogen) atoms. The third kappa shape index (κ3) is 2.67. The largest absolute Gasteiger partial charge is 0.355 e. The predicted molar refractivity (Wildman–Crippen MR) is 79.7 cm³/mol. The van der Waals surface area contributed by atoms with Gasteiger partial charge in [-0.3, -0.25) is 14.6 Å². The molecular weight excluding hydrogens is 286 g/mol. The molecule has 2 amide bonds. The maximum Gasteiger partial charge on any atom is 0.234 e. The van der Waals surface area contributed by atoms with E-state index in [1.54, 1.807) is 29.7 Å². The van der Waals surface area contributed by atoms with Gasteiger partial charge in [0.05, 0.1) is 12.2 Å². The zero-order chi connectivity index (χ0) is 14.7. The molecule has 0 spiro atoms. The minimum Gasteiger partial charge on any atom is -0.355 e. The van der Waals surface area contributed by atoms with Crippen LogP contribution in [0.1, 0.15) is 17.0 Å². The summed E-state index contributed by atoms with van der Waals surface area (Å²) in [5, 5.41) is 7.64. The molecule has 5 nitrogen and oxygen atoms in total. The Bertz CT molecular complexity index is 642. The SMILES string of the molecule is O=C1CC(C(=O)NCc2cccs2)(c2ccccn2)CN1. The maximum atomic E-state index is 12.7. The summed E-state index contributed by atoms with van der Waals surface area (Å²) in [6, 6.07) is 9.34. The fraction of sp³-hybridized carbons (Fsp3) is 0.267. The van der Waals surface area contributed by atoms with Gasteiger partial charge in [0, 0.05) is 24.0 Å². The highest BCUT2D eigenvalue weighted by Gasteiger charge is 2.47. The lowest BCUT2D eigenvalue weighted by Gasteiger charge is -2.25. The molecular formula is C15H15N3O2S. The summed E-state index contributed by atoms with van der Waals surface area (Å²) in [6.07, 6.45) is 1.78. The van der Waals surface area contributed by atoms with Gasteiger partial charge in [-0.1, -0.05) is 12.1 Å². The predicted octanol–water partition coefficient (Wildman–Crippen LogP) is 1.22. The summed E-state index contributed by atoms with van der Waals surface area (Å²) in [5.41, 5.74) is -0.276. The molecule has 1 unspecified atom stereocenters. The number of amides is 2. The molecule has 0 radical (unpaired) electrons. The van der Waals surface area contributed by atoms with Crippen LogP contribution in [0.2, 0.25) is 0 Å². The van der Waals surface area contributed by atoms with Gasteiger partial charge in [-0.2, -0.15) is 0 Å². The number of carbonyl (C=O) groups excluding carboxylic acids is 2. The summed E-state index contributed by atoms with van der Waals surface area (Å²) in [5.74, 6) is -0.278. The van der Waals surface area contributed by atoms with Crippen molar-refractivity contribution in [3.05, 3.63) is 52.5 Å². The molecule has 0 saturated carbocycles. The van der Waals surface area contributed by atoms with Crippen molar-refractivity contribution in [2.45, 2.75) is 18.4 Å². The molecule has 0 bridgehead atoms. The molecule has 108 valence electrons. The van der Waals surface area contributed by atoms with Crippen LogP contribution in [0.4, 0.5) is 0 Å². The number of thiophene rings is 1. The van der Waals surface area contributed by atoms with Crippen LogP contribution in [0.25, 0.3) is 0 Å². The number of aromatic nitrogens is 1. The van der Waals surface area contributed by atoms with Gasteiger partial charge in [0.15, 0.2) is 0 Å². The highest BCUT2D eigenvalue weighted by molar-refractivity contribution is 7.09. The van der Waals surface area contributed by atoms with Crippen molar-refractivity contribution >= 4 is 23.2 Å². The Morgan fingerprint density at radius 1 is 1.38 bits per heavy atom. The van der Waals surface area contributed by atoms with Crippen LogP contribution in [0.3, 0.4) is 0 Å². The average Bonchev–Trinajstić information content (AvgIpc) is 3.16. The van der Waals surface area contributed by atoms with E-state index in [0.717, 1.165) is 4.88 Å². The molecule has 1 aliphatic rings. The smallest absolute Gasteiger partial charge is 0.234 e. The van der Waals surface area contributed by atoms with Gasteiger partial charge in [-0.05, 0) is 23.6 Å². The lowest BCUT2D eigenvalue weighted by Crippen LogP contribution is -2.46. The van der Waals surface area contributed by atoms with Gasteiger partial charge in [-0.25, -0.2) is 0 Å². The fourth-order valence-corrected chi connectivity index (χ4v) is 3.15. The van der Waals surface area contributed by atoms with Crippen molar-refractivity contribution in [3.63, 3.8) is 0 Å². The third-order valence-electron chi connectivity index (χ3n) is 3.64. The number of pyridine rings is 1.